The molecular formula is C25H21N7. The van der Waals surface area contributed by atoms with Crippen LogP contribution in [0.5, 0.6) is 0 Å². The van der Waals surface area contributed by atoms with Crippen LogP contribution in [0.2, 0.25) is 0 Å². The van der Waals surface area contributed by atoms with Crippen LogP contribution in [-0.2, 0) is 0 Å². The first-order valence-electron chi connectivity index (χ1n) is 10.8. The smallest absolute Gasteiger partial charge is 0.178 e. The van der Waals surface area contributed by atoms with Gasteiger partial charge in [0, 0.05) is 42.4 Å². The van der Waals surface area contributed by atoms with Crippen LogP contribution in [0, 0.1) is 0 Å². The van der Waals surface area contributed by atoms with E-state index in [2.05, 4.69) is 74.5 Å². The third-order valence-electron chi connectivity index (χ3n) is 6.63. The van der Waals surface area contributed by atoms with E-state index in [0.717, 1.165) is 22.9 Å². The monoisotopic (exact) mass is 419 g/mol. The molecule has 2 aromatic heterocycles. The topological polar surface area (TPSA) is 70.3 Å². The minimum atomic E-state index is 0.0593. The molecule has 3 aromatic rings. The minimum absolute atomic E-state index is 0.0593. The van der Waals surface area contributed by atoms with Gasteiger partial charge in [0.15, 0.2) is 11.6 Å². The van der Waals surface area contributed by atoms with Gasteiger partial charge in [0.25, 0.3) is 0 Å². The van der Waals surface area contributed by atoms with Crippen molar-refractivity contribution in [3.63, 3.8) is 0 Å². The molecule has 1 aromatic carbocycles. The molecule has 1 fully saturated rings. The van der Waals surface area contributed by atoms with Crippen LogP contribution in [-0.4, -0.2) is 38.2 Å². The van der Waals surface area contributed by atoms with Crippen LogP contribution in [0.3, 0.4) is 0 Å². The Morgan fingerprint density at radius 1 is 0.875 bits per heavy atom. The molecule has 7 rings (SSSR count). The maximum atomic E-state index is 4.77. The quantitative estimate of drug-likeness (QED) is 0.636. The van der Waals surface area contributed by atoms with Crippen LogP contribution in [0.1, 0.15) is 12.5 Å². The molecule has 0 aliphatic carbocycles. The molecule has 1 N–H and O–H groups in total. The minimum Gasteiger partial charge on any atom is -0.329 e. The third-order valence-corrected chi connectivity index (χ3v) is 6.63. The second kappa shape index (κ2) is 6.51. The molecule has 0 radical (unpaired) electrons. The molecule has 1 saturated heterocycles. The summed E-state index contributed by atoms with van der Waals surface area (Å²) < 4.78 is 0. The highest BCUT2D eigenvalue weighted by Crippen LogP contribution is 2.50. The number of nitrogens with zero attached hydrogens (tertiary/aromatic N) is 6. The predicted molar refractivity (Wildman–Crippen MR) is 123 cm³/mol. The number of allylic oxidation sites excluding steroid dienone is 4. The Morgan fingerprint density at radius 2 is 1.62 bits per heavy atom. The number of hydrogen-bond donors (Lipinski definition) is 1. The van der Waals surface area contributed by atoms with Crippen molar-refractivity contribution in [2.24, 2.45) is 0 Å². The van der Waals surface area contributed by atoms with Crippen LogP contribution in [0.25, 0.3) is 5.57 Å². The van der Waals surface area contributed by atoms with Gasteiger partial charge in [0.1, 0.15) is 12.3 Å². The average molecular weight is 419 g/mol. The molecular weight excluding hydrogens is 398 g/mol. The number of pyridine rings is 1. The fourth-order valence-electron chi connectivity index (χ4n) is 5.11. The zero-order valence-corrected chi connectivity index (χ0v) is 17.5. The lowest BCUT2D eigenvalue weighted by atomic mass is 10.0. The summed E-state index contributed by atoms with van der Waals surface area (Å²) in [7, 11) is 0. The third kappa shape index (κ3) is 2.42. The summed E-state index contributed by atoms with van der Waals surface area (Å²) in [4.78, 5) is 20.7. The first kappa shape index (κ1) is 17.7. The van der Waals surface area contributed by atoms with Crippen LogP contribution in [0.15, 0.2) is 97.0 Å². The van der Waals surface area contributed by atoms with Gasteiger partial charge in [0.05, 0.1) is 11.7 Å². The van der Waals surface area contributed by atoms with Gasteiger partial charge in [-0.15, -0.1) is 0 Å². The summed E-state index contributed by atoms with van der Waals surface area (Å²) in [6, 6.07) is 14.8. The number of para-hydroxylation sites is 1. The lowest BCUT2D eigenvalue weighted by Gasteiger charge is -2.32. The Kier molecular flexibility index (Phi) is 3.60. The standard InChI is InChI=1S/C25H21N7/c1-16-20-15-18(17-7-10-26-11-8-17)9-14-30(20)22-21(29-22)25-31(16)23-24(28-13-12-27-23)32(25)19-5-3-2-4-6-19/h2-15,21-22,25,29H,1H3. The molecule has 3 unspecified atom stereocenters. The highest BCUT2D eigenvalue weighted by Gasteiger charge is 2.58. The molecule has 4 aliphatic rings. The van der Waals surface area contributed by atoms with Gasteiger partial charge in [-0.25, -0.2) is 9.97 Å². The van der Waals surface area contributed by atoms with E-state index in [1.54, 1.807) is 12.4 Å². The Morgan fingerprint density at radius 3 is 2.41 bits per heavy atom. The van der Waals surface area contributed by atoms with Crippen LogP contribution >= 0.6 is 0 Å². The molecule has 7 heteroatoms. The van der Waals surface area contributed by atoms with E-state index in [4.69, 9.17) is 9.97 Å². The van der Waals surface area contributed by atoms with Gasteiger partial charge in [-0.05, 0) is 54.5 Å². The fraction of sp³-hybridized carbons (Fsp3) is 0.160. The maximum Gasteiger partial charge on any atom is 0.178 e. The van der Waals surface area contributed by atoms with E-state index in [1.807, 2.05) is 30.6 Å². The Labute approximate surface area is 186 Å². The lowest BCUT2D eigenvalue weighted by molar-refractivity contribution is 0.447. The van der Waals surface area contributed by atoms with Crippen molar-refractivity contribution in [2.75, 3.05) is 9.80 Å². The molecule has 4 aliphatic heterocycles. The highest BCUT2D eigenvalue weighted by atomic mass is 15.6. The van der Waals surface area contributed by atoms with Gasteiger partial charge in [-0.1, -0.05) is 18.2 Å². The summed E-state index contributed by atoms with van der Waals surface area (Å²) in [6.07, 6.45) is 14.2. The van der Waals surface area contributed by atoms with E-state index in [0.29, 0.717) is 0 Å². The summed E-state index contributed by atoms with van der Waals surface area (Å²) in [5, 5.41) is 3.71. The first-order valence-corrected chi connectivity index (χ1v) is 10.8. The second-order valence-corrected chi connectivity index (χ2v) is 8.36. The summed E-state index contributed by atoms with van der Waals surface area (Å²) >= 11 is 0. The molecule has 7 nitrogen and oxygen atoms in total. The van der Waals surface area contributed by atoms with E-state index < -0.39 is 0 Å². The van der Waals surface area contributed by atoms with Crippen molar-refractivity contribution < 1.29 is 0 Å². The highest BCUT2D eigenvalue weighted by molar-refractivity contribution is 5.83. The first-order chi connectivity index (χ1) is 15.8. The number of anilines is 3. The molecule has 6 heterocycles. The zero-order valence-electron chi connectivity index (χ0n) is 17.5. The van der Waals surface area contributed by atoms with Crippen LogP contribution < -0.4 is 15.1 Å². The SMILES string of the molecule is CC1=C2C=C(c3ccncc3)C=CN2C2NC2C2N1c1nccnc1N2c1ccccc1. The number of aromatic nitrogens is 3. The zero-order chi connectivity index (χ0) is 21.2. The largest absolute Gasteiger partial charge is 0.329 e. The Bertz CT molecular complexity index is 1300. The molecule has 0 bridgehead atoms. The number of fused-ring (bicyclic) bond motifs is 7. The lowest BCUT2D eigenvalue weighted by Crippen LogP contribution is -2.45. The van der Waals surface area contributed by atoms with Crippen molar-refractivity contribution in [3.05, 3.63) is 103 Å². The fourth-order valence-corrected chi connectivity index (χ4v) is 5.11. The molecule has 0 amide bonds. The molecule has 3 atom stereocenters. The second-order valence-electron chi connectivity index (χ2n) is 8.36. The van der Waals surface area contributed by atoms with Crippen molar-refractivity contribution >= 4 is 22.9 Å². The Hall–Kier alpha value is -3.97. The van der Waals surface area contributed by atoms with Gasteiger partial charge in [-0.3, -0.25) is 10.3 Å². The molecule has 156 valence electrons. The van der Waals surface area contributed by atoms with Gasteiger partial charge in [0.2, 0.25) is 0 Å². The van der Waals surface area contributed by atoms with Crippen molar-refractivity contribution in [3.8, 4) is 0 Å². The van der Waals surface area contributed by atoms with E-state index >= 15 is 0 Å². The van der Waals surface area contributed by atoms with Crippen molar-refractivity contribution in [1.29, 1.82) is 0 Å². The number of nitrogens with one attached hydrogen (secondary N) is 1. The van der Waals surface area contributed by atoms with Gasteiger partial charge in [-0.2, -0.15) is 0 Å². The average Bonchev–Trinajstić information content (AvgIpc) is 3.59. The number of rotatable bonds is 2. The summed E-state index contributed by atoms with van der Waals surface area (Å²) in [6.45, 7) is 2.19. The molecule has 0 saturated carbocycles. The Balaban J connectivity index is 1.41. The van der Waals surface area contributed by atoms with Crippen LogP contribution in [0.4, 0.5) is 17.3 Å². The number of hydrogen-bond acceptors (Lipinski definition) is 7. The maximum absolute atomic E-state index is 4.77. The van der Waals surface area contributed by atoms with Crippen molar-refractivity contribution in [1.82, 2.24) is 25.2 Å². The molecule has 32 heavy (non-hydrogen) atoms. The van der Waals surface area contributed by atoms with Crippen molar-refractivity contribution in [2.45, 2.75) is 25.3 Å². The molecule has 0 spiro atoms. The summed E-state index contributed by atoms with van der Waals surface area (Å²) in [5.74, 6) is 1.79. The predicted octanol–water partition coefficient (Wildman–Crippen LogP) is 3.61. The van der Waals surface area contributed by atoms with E-state index in [-0.39, 0.29) is 18.4 Å². The summed E-state index contributed by atoms with van der Waals surface area (Å²) in [5.41, 5.74) is 5.79. The number of benzene rings is 1. The normalized spacial score (nSPS) is 25.0. The van der Waals surface area contributed by atoms with E-state index in [1.165, 1.54) is 17.0 Å². The van der Waals surface area contributed by atoms with E-state index in [9.17, 15) is 0 Å². The van der Waals surface area contributed by atoms with Gasteiger partial charge < -0.3 is 14.7 Å². The van der Waals surface area contributed by atoms with Gasteiger partial charge >= 0.3 is 0 Å².